The van der Waals surface area contributed by atoms with Gasteiger partial charge in [-0.2, -0.15) is 0 Å². The van der Waals surface area contributed by atoms with Crippen molar-refractivity contribution in [2.45, 2.75) is 26.5 Å². The highest BCUT2D eigenvalue weighted by atomic mass is 16.5. The van der Waals surface area contributed by atoms with Gasteiger partial charge in [-0.1, -0.05) is 54.1 Å². The molecule has 3 nitrogen and oxygen atoms in total. The van der Waals surface area contributed by atoms with Crippen molar-refractivity contribution in [3.05, 3.63) is 95.1 Å². The van der Waals surface area contributed by atoms with Gasteiger partial charge in [0, 0.05) is 6.54 Å². The summed E-state index contributed by atoms with van der Waals surface area (Å²) in [6, 6.07) is 25.0. The predicted octanol–water partition coefficient (Wildman–Crippen LogP) is 4.91. The second-order valence-electron chi connectivity index (χ2n) is 6.69. The van der Waals surface area contributed by atoms with Gasteiger partial charge in [-0.25, -0.2) is 0 Å². The summed E-state index contributed by atoms with van der Waals surface area (Å²) in [4.78, 5) is 0. The molecule has 0 aliphatic heterocycles. The zero-order valence-corrected chi connectivity index (χ0v) is 16.1. The minimum atomic E-state index is 0.597. The van der Waals surface area contributed by atoms with Crippen molar-refractivity contribution < 1.29 is 9.47 Å². The molecule has 3 aromatic carbocycles. The molecule has 27 heavy (non-hydrogen) atoms. The highest BCUT2D eigenvalue weighted by Gasteiger charge is 1.99. The van der Waals surface area contributed by atoms with E-state index in [1.807, 2.05) is 24.3 Å². The van der Waals surface area contributed by atoms with Crippen LogP contribution in [0.2, 0.25) is 0 Å². The van der Waals surface area contributed by atoms with Crippen molar-refractivity contribution >= 4 is 0 Å². The Bertz CT molecular complexity index is 809. The normalized spacial score (nSPS) is 10.6. The molecule has 0 radical (unpaired) electrons. The molecule has 0 spiro atoms. The monoisotopic (exact) mass is 361 g/mol. The van der Waals surface area contributed by atoms with Gasteiger partial charge in [0.25, 0.3) is 0 Å². The van der Waals surface area contributed by atoms with Gasteiger partial charge in [0.05, 0.1) is 7.11 Å². The summed E-state index contributed by atoms with van der Waals surface area (Å²) in [7, 11) is 1.69. The Labute approximate surface area is 162 Å². The third kappa shape index (κ3) is 6.15. The average Bonchev–Trinajstić information content (AvgIpc) is 2.72. The molecule has 0 amide bonds. The van der Waals surface area contributed by atoms with Crippen LogP contribution in [-0.4, -0.2) is 13.7 Å². The fourth-order valence-corrected chi connectivity index (χ4v) is 2.81. The number of methoxy groups -OCH3 is 1. The van der Waals surface area contributed by atoms with Gasteiger partial charge < -0.3 is 14.8 Å². The van der Waals surface area contributed by atoms with E-state index < -0.39 is 0 Å². The third-order valence-corrected chi connectivity index (χ3v) is 4.53. The standard InChI is InChI=1S/C24H27NO2/c1-19-3-5-22(6-4-19)18-27-24-13-9-21(10-14-24)17-25-16-15-20-7-11-23(26-2)12-8-20/h3-14,25H,15-18H2,1-2H3. The van der Waals surface area contributed by atoms with E-state index in [1.165, 1.54) is 22.3 Å². The summed E-state index contributed by atoms with van der Waals surface area (Å²) >= 11 is 0. The van der Waals surface area contributed by atoms with Gasteiger partial charge >= 0.3 is 0 Å². The van der Waals surface area contributed by atoms with Crippen molar-refractivity contribution in [2.24, 2.45) is 0 Å². The van der Waals surface area contributed by atoms with E-state index >= 15 is 0 Å². The van der Waals surface area contributed by atoms with Gasteiger partial charge in [0.15, 0.2) is 0 Å². The summed E-state index contributed by atoms with van der Waals surface area (Å²) < 4.78 is 11.0. The zero-order valence-electron chi connectivity index (χ0n) is 16.1. The zero-order chi connectivity index (χ0) is 18.9. The highest BCUT2D eigenvalue weighted by Crippen LogP contribution is 2.15. The van der Waals surface area contributed by atoms with Gasteiger partial charge in [-0.3, -0.25) is 0 Å². The minimum absolute atomic E-state index is 0.597. The number of benzene rings is 3. The lowest BCUT2D eigenvalue weighted by Gasteiger charge is -2.09. The Morgan fingerprint density at radius 1 is 0.704 bits per heavy atom. The smallest absolute Gasteiger partial charge is 0.119 e. The number of rotatable bonds is 9. The molecule has 3 heteroatoms. The first kappa shape index (κ1) is 19.0. The van der Waals surface area contributed by atoms with Crippen LogP contribution in [0.15, 0.2) is 72.8 Å². The lowest BCUT2D eigenvalue weighted by molar-refractivity contribution is 0.306. The van der Waals surface area contributed by atoms with Crippen LogP contribution in [0.1, 0.15) is 22.3 Å². The van der Waals surface area contributed by atoms with E-state index in [0.717, 1.165) is 31.0 Å². The number of ether oxygens (including phenoxy) is 2. The Morgan fingerprint density at radius 3 is 1.96 bits per heavy atom. The summed E-state index contributed by atoms with van der Waals surface area (Å²) in [6.07, 6.45) is 1.00. The molecule has 0 aromatic heterocycles. The van der Waals surface area contributed by atoms with Crippen molar-refractivity contribution in [2.75, 3.05) is 13.7 Å². The Morgan fingerprint density at radius 2 is 1.30 bits per heavy atom. The molecule has 3 rings (SSSR count). The molecule has 0 bridgehead atoms. The van der Waals surface area contributed by atoms with Crippen LogP contribution < -0.4 is 14.8 Å². The molecule has 1 N–H and O–H groups in total. The second-order valence-corrected chi connectivity index (χ2v) is 6.69. The Hall–Kier alpha value is -2.78. The van der Waals surface area contributed by atoms with Crippen LogP contribution in [0, 0.1) is 6.92 Å². The first-order chi connectivity index (χ1) is 13.2. The van der Waals surface area contributed by atoms with E-state index in [1.54, 1.807) is 7.11 Å². The van der Waals surface area contributed by atoms with Crippen LogP contribution in [0.4, 0.5) is 0 Å². The lowest BCUT2D eigenvalue weighted by Crippen LogP contribution is -2.16. The van der Waals surface area contributed by atoms with Gasteiger partial charge in [-0.05, 0) is 60.8 Å². The number of nitrogens with one attached hydrogen (secondary N) is 1. The first-order valence-corrected chi connectivity index (χ1v) is 9.34. The topological polar surface area (TPSA) is 30.5 Å². The lowest BCUT2D eigenvalue weighted by atomic mass is 10.1. The van der Waals surface area contributed by atoms with Crippen LogP contribution >= 0.6 is 0 Å². The van der Waals surface area contributed by atoms with Gasteiger partial charge in [0.2, 0.25) is 0 Å². The van der Waals surface area contributed by atoms with E-state index in [2.05, 4.69) is 60.8 Å². The maximum Gasteiger partial charge on any atom is 0.119 e. The number of hydrogen-bond donors (Lipinski definition) is 1. The molecule has 0 aliphatic carbocycles. The summed E-state index contributed by atoms with van der Waals surface area (Å²) in [6.45, 7) is 4.49. The molecule has 0 fully saturated rings. The largest absolute Gasteiger partial charge is 0.497 e. The van der Waals surface area contributed by atoms with E-state index in [9.17, 15) is 0 Å². The SMILES string of the molecule is COc1ccc(CCNCc2ccc(OCc3ccc(C)cc3)cc2)cc1. The van der Waals surface area contributed by atoms with Crippen molar-refractivity contribution in [3.8, 4) is 11.5 Å². The van der Waals surface area contributed by atoms with Gasteiger partial charge in [-0.15, -0.1) is 0 Å². The fourth-order valence-electron chi connectivity index (χ4n) is 2.81. The average molecular weight is 361 g/mol. The van der Waals surface area contributed by atoms with Crippen LogP contribution in [0.3, 0.4) is 0 Å². The molecule has 0 atom stereocenters. The fraction of sp³-hybridized carbons (Fsp3) is 0.250. The summed E-state index contributed by atoms with van der Waals surface area (Å²) in [5.41, 5.74) is 5.02. The van der Waals surface area contributed by atoms with E-state index in [4.69, 9.17) is 9.47 Å². The van der Waals surface area contributed by atoms with Crippen molar-refractivity contribution in [1.29, 1.82) is 0 Å². The molecular weight excluding hydrogens is 334 g/mol. The van der Waals surface area contributed by atoms with Crippen molar-refractivity contribution in [3.63, 3.8) is 0 Å². The molecule has 3 aromatic rings. The Kier molecular flexibility index (Phi) is 6.89. The second kappa shape index (κ2) is 9.79. The van der Waals surface area contributed by atoms with Crippen LogP contribution in [0.25, 0.3) is 0 Å². The highest BCUT2D eigenvalue weighted by molar-refractivity contribution is 5.29. The van der Waals surface area contributed by atoms with E-state index in [-0.39, 0.29) is 0 Å². The maximum absolute atomic E-state index is 5.86. The predicted molar refractivity (Wildman–Crippen MR) is 110 cm³/mol. The third-order valence-electron chi connectivity index (χ3n) is 4.53. The first-order valence-electron chi connectivity index (χ1n) is 9.34. The molecular formula is C24H27NO2. The van der Waals surface area contributed by atoms with Crippen LogP contribution in [0.5, 0.6) is 11.5 Å². The number of aryl methyl sites for hydroxylation is 1. The quantitative estimate of drug-likeness (QED) is 0.549. The van der Waals surface area contributed by atoms with Gasteiger partial charge in [0.1, 0.15) is 18.1 Å². The van der Waals surface area contributed by atoms with E-state index in [0.29, 0.717) is 6.61 Å². The molecule has 0 unspecified atom stereocenters. The maximum atomic E-state index is 5.86. The molecule has 0 saturated heterocycles. The molecule has 0 saturated carbocycles. The Balaban J connectivity index is 1.38. The van der Waals surface area contributed by atoms with Crippen LogP contribution in [-0.2, 0) is 19.6 Å². The summed E-state index contributed by atoms with van der Waals surface area (Å²) in [5, 5.41) is 3.49. The molecule has 0 heterocycles. The summed E-state index contributed by atoms with van der Waals surface area (Å²) in [5.74, 6) is 1.80. The molecule has 0 aliphatic rings. The van der Waals surface area contributed by atoms with Crippen molar-refractivity contribution in [1.82, 2.24) is 5.32 Å². The molecule has 140 valence electrons. The minimum Gasteiger partial charge on any atom is -0.497 e. The number of hydrogen-bond acceptors (Lipinski definition) is 3.